The maximum absolute atomic E-state index is 13.1. The first kappa shape index (κ1) is 22.0. The van der Waals surface area contributed by atoms with Crippen molar-refractivity contribution in [1.82, 2.24) is 9.88 Å². The van der Waals surface area contributed by atoms with Crippen LogP contribution in [0.4, 0.5) is 0 Å². The fourth-order valence-corrected chi connectivity index (χ4v) is 3.84. The summed E-state index contributed by atoms with van der Waals surface area (Å²) in [5, 5.41) is 11.2. The molecule has 1 saturated heterocycles. The van der Waals surface area contributed by atoms with Gasteiger partial charge in [0.15, 0.2) is 0 Å². The molecule has 166 valence electrons. The lowest BCUT2D eigenvalue weighted by Gasteiger charge is -2.25. The van der Waals surface area contributed by atoms with Crippen molar-refractivity contribution in [3.8, 4) is 5.75 Å². The van der Waals surface area contributed by atoms with Crippen LogP contribution in [-0.2, 0) is 16.1 Å². The van der Waals surface area contributed by atoms with Gasteiger partial charge in [-0.2, -0.15) is 0 Å². The number of aliphatic hydroxyl groups excluding tert-OH is 1. The van der Waals surface area contributed by atoms with Crippen LogP contribution in [0, 0.1) is 6.92 Å². The molecule has 2 heterocycles. The van der Waals surface area contributed by atoms with Crippen LogP contribution in [-0.4, -0.2) is 33.3 Å². The van der Waals surface area contributed by atoms with Gasteiger partial charge in [-0.05, 0) is 54.4 Å². The van der Waals surface area contributed by atoms with Crippen molar-refractivity contribution in [2.45, 2.75) is 19.5 Å². The third kappa shape index (κ3) is 4.55. The first-order valence-electron chi connectivity index (χ1n) is 10.6. The molecule has 6 nitrogen and oxygen atoms in total. The van der Waals surface area contributed by atoms with Crippen LogP contribution in [0.5, 0.6) is 5.75 Å². The summed E-state index contributed by atoms with van der Waals surface area (Å²) in [6.45, 7) is 6.16. The zero-order chi connectivity index (χ0) is 23.4. The Hall–Kier alpha value is -4.19. The largest absolute Gasteiger partial charge is 0.507 e. The molecule has 1 aromatic heterocycles. The third-order valence-electron chi connectivity index (χ3n) is 5.53. The topological polar surface area (TPSA) is 79.7 Å². The van der Waals surface area contributed by atoms with Crippen molar-refractivity contribution in [2.75, 3.05) is 6.61 Å². The van der Waals surface area contributed by atoms with Crippen molar-refractivity contribution in [3.63, 3.8) is 0 Å². The number of Topliss-reactive ketones (excluding diaryl/α,β-unsaturated/α-hetero) is 1. The van der Waals surface area contributed by atoms with E-state index in [4.69, 9.17) is 4.74 Å². The maximum atomic E-state index is 13.1. The first-order chi connectivity index (χ1) is 16.0. The number of hydrogen-bond acceptors (Lipinski definition) is 5. The minimum Gasteiger partial charge on any atom is -0.507 e. The molecule has 1 aliphatic rings. The molecule has 1 amide bonds. The molecule has 3 aromatic rings. The molecular weight excluding hydrogens is 416 g/mol. The average Bonchev–Trinajstić information content (AvgIpc) is 3.08. The molecular formula is C27H24N2O4. The van der Waals surface area contributed by atoms with Crippen molar-refractivity contribution < 1.29 is 19.4 Å². The van der Waals surface area contributed by atoms with E-state index in [-0.39, 0.29) is 17.9 Å². The quantitative estimate of drug-likeness (QED) is 0.252. The highest BCUT2D eigenvalue weighted by atomic mass is 16.5. The van der Waals surface area contributed by atoms with Gasteiger partial charge >= 0.3 is 0 Å². The van der Waals surface area contributed by atoms with E-state index in [0.29, 0.717) is 17.9 Å². The Morgan fingerprint density at radius 2 is 1.73 bits per heavy atom. The highest BCUT2D eigenvalue weighted by Crippen LogP contribution is 2.40. The van der Waals surface area contributed by atoms with E-state index < -0.39 is 17.7 Å². The Kier molecular flexibility index (Phi) is 6.36. The number of aryl methyl sites for hydroxylation is 1. The second-order valence-electron chi connectivity index (χ2n) is 7.82. The number of carbonyl (C=O) groups is 2. The van der Waals surface area contributed by atoms with Crippen LogP contribution in [0.2, 0.25) is 0 Å². The van der Waals surface area contributed by atoms with Crippen molar-refractivity contribution in [3.05, 3.63) is 114 Å². The Morgan fingerprint density at radius 1 is 1.06 bits per heavy atom. The summed E-state index contributed by atoms with van der Waals surface area (Å²) < 4.78 is 5.49. The smallest absolute Gasteiger partial charge is 0.295 e. The number of benzene rings is 2. The number of aliphatic hydroxyl groups is 1. The molecule has 1 atom stereocenters. The van der Waals surface area contributed by atoms with Gasteiger partial charge in [0.05, 0.1) is 11.6 Å². The number of amides is 1. The Bertz CT molecular complexity index is 1200. The SMILES string of the molecule is C=CCOc1ccc(C(O)=C2C(=O)C(=O)N(Cc3ccncc3)[C@H]2c2ccc(C)cc2)cc1. The Balaban J connectivity index is 1.78. The van der Waals surface area contributed by atoms with Gasteiger partial charge in [0.2, 0.25) is 0 Å². The van der Waals surface area contributed by atoms with Gasteiger partial charge in [-0.15, -0.1) is 0 Å². The summed E-state index contributed by atoms with van der Waals surface area (Å²) in [6.07, 6.45) is 4.92. The molecule has 2 aromatic carbocycles. The number of rotatable bonds is 7. The summed E-state index contributed by atoms with van der Waals surface area (Å²) in [5.74, 6) is -0.963. The van der Waals surface area contributed by atoms with Gasteiger partial charge in [0.25, 0.3) is 11.7 Å². The number of nitrogens with zero attached hydrogens (tertiary/aromatic N) is 2. The number of likely N-dealkylation sites (tertiary alicyclic amines) is 1. The second-order valence-corrected chi connectivity index (χ2v) is 7.82. The van der Waals surface area contributed by atoms with E-state index in [1.54, 1.807) is 54.9 Å². The van der Waals surface area contributed by atoms with Gasteiger partial charge in [-0.3, -0.25) is 14.6 Å². The summed E-state index contributed by atoms with van der Waals surface area (Å²) >= 11 is 0. The van der Waals surface area contributed by atoms with E-state index in [9.17, 15) is 14.7 Å². The first-order valence-corrected chi connectivity index (χ1v) is 10.6. The van der Waals surface area contributed by atoms with E-state index in [2.05, 4.69) is 11.6 Å². The molecule has 1 aliphatic heterocycles. The molecule has 0 bridgehead atoms. The summed E-state index contributed by atoms with van der Waals surface area (Å²) in [6, 6.07) is 17.2. The second kappa shape index (κ2) is 9.53. The van der Waals surface area contributed by atoms with Crippen LogP contribution < -0.4 is 4.74 Å². The molecule has 4 rings (SSSR count). The number of ketones is 1. The van der Waals surface area contributed by atoms with Gasteiger partial charge in [-0.1, -0.05) is 42.5 Å². The maximum Gasteiger partial charge on any atom is 0.295 e. The van der Waals surface area contributed by atoms with E-state index in [1.807, 2.05) is 31.2 Å². The highest BCUT2D eigenvalue weighted by Gasteiger charge is 2.46. The normalized spacial score (nSPS) is 17.2. The molecule has 6 heteroatoms. The summed E-state index contributed by atoms with van der Waals surface area (Å²) in [4.78, 5) is 31.7. The number of ether oxygens (including phenoxy) is 1. The molecule has 33 heavy (non-hydrogen) atoms. The number of pyridine rings is 1. The molecule has 0 aliphatic carbocycles. The average molecular weight is 440 g/mol. The van der Waals surface area contributed by atoms with Crippen molar-refractivity contribution in [2.24, 2.45) is 0 Å². The van der Waals surface area contributed by atoms with E-state index in [1.165, 1.54) is 4.90 Å². The van der Waals surface area contributed by atoms with Crippen LogP contribution in [0.15, 0.2) is 91.3 Å². The standard InChI is InChI=1S/C27H24N2O4/c1-3-16-33-22-10-8-21(9-11-22)25(30)23-24(20-6-4-18(2)5-7-20)29(27(32)26(23)31)17-19-12-14-28-15-13-19/h3-15,24,30H,1,16-17H2,2H3/t24-/m0/s1. The third-order valence-corrected chi connectivity index (χ3v) is 5.53. The monoisotopic (exact) mass is 440 g/mol. The lowest BCUT2D eigenvalue weighted by atomic mass is 9.94. The highest BCUT2D eigenvalue weighted by molar-refractivity contribution is 6.46. The van der Waals surface area contributed by atoms with Gasteiger partial charge in [-0.25, -0.2) is 0 Å². The predicted molar refractivity (Wildman–Crippen MR) is 125 cm³/mol. The molecule has 1 fully saturated rings. The summed E-state index contributed by atoms with van der Waals surface area (Å²) in [5.41, 5.74) is 3.15. The van der Waals surface area contributed by atoms with Gasteiger partial charge in [0.1, 0.15) is 18.1 Å². The molecule has 0 spiro atoms. The molecule has 0 unspecified atom stereocenters. The predicted octanol–water partition coefficient (Wildman–Crippen LogP) is 4.58. The molecule has 0 saturated carbocycles. The fourth-order valence-electron chi connectivity index (χ4n) is 3.84. The van der Waals surface area contributed by atoms with E-state index >= 15 is 0 Å². The number of hydrogen-bond donors (Lipinski definition) is 1. The lowest BCUT2D eigenvalue weighted by Crippen LogP contribution is -2.29. The van der Waals surface area contributed by atoms with Crippen LogP contribution in [0.25, 0.3) is 5.76 Å². The summed E-state index contributed by atoms with van der Waals surface area (Å²) in [7, 11) is 0. The van der Waals surface area contributed by atoms with E-state index in [0.717, 1.165) is 16.7 Å². The van der Waals surface area contributed by atoms with Crippen LogP contribution in [0.3, 0.4) is 0 Å². The lowest BCUT2D eigenvalue weighted by molar-refractivity contribution is -0.140. The Labute approximate surface area is 192 Å². The number of aromatic nitrogens is 1. The zero-order valence-corrected chi connectivity index (χ0v) is 18.3. The number of carbonyl (C=O) groups excluding carboxylic acids is 2. The molecule has 1 N–H and O–H groups in total. The van der Waals surface area contributed by atoms with Gasteiger partial charge < -0.3 is 14.7 Å². The van der Waals surface area contributed by atoms with Crippen molar-refractivity contribution >= 4 is 17.4 Å². The Morgan fingerprint density at radius 3 is 2.36 bits per heavy atom. The van der Waals surface area contributed by atoms with Crippen LogP contribution >= 0.6 is 0 Å². The zero-order valence-electron chi connectivity index (χ0n) is 18.3. The van der Waals surface area contributed by atoms with Gasteiger partial charge in [0, 0.05) is 24.5 Å². The van der Waals surface area contributed by atoms with Crippen LogP contribution in [0.1, 0.15) is 28.3 Å². The molecule has 0 radical (unpaired) electrons. The fraction of sp³-hybridized carbons (Fsp3) is 0.148. The minimum atomic E-state index is -0.713. The van der Waals surface area contributed by atoms with Crippen molar-refractivity contribution in [1.29, 1.82) is 0 Å². The minimum absolute atomic E-state index is 0.0673.